The van der Waals surface area contributed by atoms with Gasteiger partial charge in [-0.1, -0.05) is 18.6 Å². The average Bonchev–Trinajstić information content (AvgIpc) is 2.43. The molecule has 5 heteroatoms. The van der Waals surface area contributed by atoms with Crippen molar-refractivity contribution in [3.8, 4) is 0 Å². The van der Waals surface area contributed by atoms with Gasteiger partial charge in [0.15, 0.2) is 11.6 Å². The van der Waals surface area contributed by atoms with Crippen molar-refractivity contribution in [2.24, 2.45) is 0 Å². The van der Waals surface area contributed by atoms with Crippen molar-refractivity contribution in [1.29, 1.82) is 0 Å². The molecule has 0 aromatic heterocycles. The maximum Gasteiger partial charge on any atom is 0.224 e. The number of piperidine rings is 1. The third-order valence-electron chi connectivity index (χ3n) is 3.34. The Morgan fingerprint density at radius 3 is 2.95 bits per heavy atom. The van der Waals surface area contributed by atoms with Crippen LogP contribution in [0.2, 0.25) is 0 Å². The number of hydrogen-bond acceptors (Lipinski definition) is 2. The highest BCUT2D eigenvalue weighted by Crippen LogP contribution is 2.12. The van der Waals surface area contributed by atoms with E-state index in [4.69, 9.17) is 0 Å². The summed E-state index contributed by atoms with van der Waals surface area (Å²) >= 11 is 0. The summed E-state index contributed by atoms with van der Waals surface area (Å²) in [5.41, 5.74) is 0.0918. The molecule has 19 heavy (non-hydrogen) atoms. The van der Waals surface area contributed by atoms with Crippen LogP contribution in [0.1, 0.15) is 24.8 Å². The Bertz CT molecular complexity index is 445. The van der Waals surface area contributed by atoms with E-state index in [2.05, 4.69) is 10.6 Å². The molecule has 0 bridgehead atoms. The predicted octanol–water partition coefficient (Wildman–Crippen LogP) is 1.77. The van der Waals surface area contributed by atoms with Gasteiger partial charge < -0.3 is 10.6 Å². The van der Waals surface area contributed by atoms with Crippen molar-refractivity contribution < 1.29 is 13.6 Å². The number of amides is 1. The van der Waals surface area contributed by atoms with Crippen LogP contribution in [0, 0.1) is 11.6 Å². The Hall–Kier alpha value is -1.49. The Labute approximate surface area is 111 Å². The van der Waals surface area contributed by atoms with Gasteiger partial charge in [-0.2, -0.15) is 0 Å². The molecule has 0 saturated carbocycles. The molecule has 0 aliphatic carbocycles. The molecule has 1 aliphatic rings. The summed E-state index contributed by atoms with van der Waals surface area (Å²) < 4.78 is 26.4. The van der Waals surface area contributed by atoms with Crippen molar-refractivity contribution >= 4 is 5.91 Å². The molecule has 1 heterocycles. The zero-order chi connectivity index (χ0) is 13.7. The van der Waals surface area contributed by atoms with E-state index < -0.39 is 11.6 Å². The van der Waals surface area contributed by atoms with Gasteiger partial charge in [-0.25, -0.2) is 8.78 Å². The van der Waals surface area contributed by atoms with E-state index >= 15 is 0 Å². The molecular formula is C14H18F2N2O. The smallest absolute Gasteiger partial charge is 0.224 e. The normalized spacial score (nSPS) is 19.2. The van der Waals surface area contributed by atoms with E-state index in [9.17, 15) is 13.6 Å². The van der Waals surface area contributed by atoms with Crippen molar-refractivity contribution in [3.05, 3.63) is 35.4 Å². The highest BCUT2D eigenvalue weighted by Gasteiger charge is 2.15. The first-order chi connectivity index (χ1) is 9.16. The quantitative estimate of drug-likeness (QED) is 0.873. The summed E-state index contributed by atoms with van der Waals surface area (Å²) in [7, 11) is 0. The third-order valence-corrected chi connectivity index (χ3v) is 3.34. The summed E-state index contributed by atoms with van der Waals surface area (Å²) in [5.74, 6) is -2.13. The van der Waals surface area contributed by atoms with Crippen LogP contribution in [-0.2, 0) is 11.2 Å². The SMILES string of the molecule is O=C(Cc1cccc(F)c1F)NCC1CCCCN1. The molecule has 1 saturated heterocycles. The van der Waals surface area contributed by atoms with Gasteiger partial charge in [-0.05, 0) is 25.5 Å². The van der Waals surface area contributed by atoms with Crippen LogP contribution in [-0.4, -0.2) is 25.0 Å². The number of halogens is 2. The zero-order valence-electron chi connectivity index (χ0n) is 10.7. The van der Waals surface area contributed by atoms with E-state index in [-0.39, 0.29) is 23.9 Å². The van der Waals surface area contributed by atoms with Crippen LogP contribution < -0.4 is 10.6 Å². The van der Waals surface area contributed by atoms with E-state index in [1.54, 1.807) is 0 Å². The van der Waals surface area contributed by atoms with Crippen LogP contribution >= 0.6 is 0 Å². The lowest BCUT2D eigenvalue weighted by Gasteiger charge is -2.23. The molecule has 0 spiro atoms. The topological polar surface area (TPSA) is 41.1 Å². The first kappa shape index (κ1) is 13.9. The van der Waals surface area contributed by atoms with E-state index in [1.165, 1.54) is 18.6 Å². The molecule has 1 fully saturated rings. The van der Waals surface area contributed by atoms with Gasteiger partial charge in [0.05, 0.1) is 6.42 Å². The summed E-state index contributed by atoms with van der Waals surface area (Å²) in [4.78, 5) is 11.7. The van der Waals surface area contributed by atoms with Crippen molar-refractivity contribution in [3.63, 3.8) is 0 Å². The monoisotopic (exact) mass is 268 g/mol. The van der Waals surface area contributed by atoms with Gasteiger partial charge >= 0.3 is 0 Å². The number of nitrogens with one attached hydrogen (secondary N) is 2. The van der Waals surface area contributed by atoms with E-state index in [1.807, 2.05) is 0 Å². The molecule has 1 aromatic rings. The summed E-state index contributed by atoms with van der Waals surface area (Å²) in [6.07, 6.45) is 3.23. The molecule has 0 radical (unpaired) electrons. The second kappa shape index (κ2) is 6.61. The fraction of sp³-hybridized carbons (Fsp3) is 0.500. The average molecular weight is 268 g/mol. The van der Waals surface area contributed by atoms with Crippen LogP contribution in [0.3, 0.4) is 0 Å². The van der Waals surface area contributed by atoms with E-state index in [0.717, 1.165) is 25.5 Å². The van der Waals surface area contributed by atoms with Gasteiger partial charge in [0.1, 0.15) is 0 Å². The van der Waals surface area contributed by atoms with Crippen molar-refractivity contribution in [2.45, 2.75) is 31.7 Å². The molecule has 1 aromatic carbocycles. The minimum Gasteiger partial charge on any atom is -0.354 e. The largest absolute Gasteiger partial charge is 0.354 e. The lowest BCUT2D eigenvalue weighted by molar-refractivity contribution is -0.120. The fourth-order valence-electron chi connectivity index (χ4n) is 2.26. The molecule has 3 nitrogen and oxygen atoms in total. The predicted molar refractivity (Wildman–Crippen MR) is 68.7 cm³/mol. The number of hydrogen-bond donors (Lipinski definition) is 2. The lowest BCUT2D eigenvalue weighted by Crippen LogP contribution is -2.43. The van der Waals surface area contributed by atoms with Crippen LogP contribution in [0.15, 0.2) is 18.2 Å². The van der Waals surface area contributed by atoms with E-state index in [0.29, 0.717) is 6.54 Å². The highest BCUT2D eigenvalue weighted by molar-refractivity contribution is 5.78. The van der Waals surface area contributed by atoms with Crippen molar-refractivity contribution in [1.82, 2.24) is 10.6 Å². The minimum absolute atomic E-state index is 0.0918. The Balaban J connectivity index is 1.82. The molecule has 2 N–H and O–H groups in total. The molecule has 1 aliphatic heterocycles. The summed E-state index contributed by atoms with van der Waals surface area (Å²) in [6, 6.07) is 4.17. The molecular weight excluding hydrogens is 250 g/mol. The maximum atomic E-state index is 13.4. The highest BCUT2D eigenvalue weighted by atomic mass is 19.2. The number of rotatable bonds is 4. The van der Waals surface area contributed by atoms with Crippen LogP contribution in [0.5, 0.6) is 0 Å². The Kier molecular flexibility index (Phi) is 4.85. The number of benzene rings is 1. The first-order valence-corrected chi connectivity index (χ1v) is 6.60. The lowest BCUT2D eigenvalue weighted by atomic mass is 10.0. The van der Waals surface area contributed by atoms with Gasteiger partial charge in [-0.15, -0.1) is 0 Å². The molecule has 104 valence electrons. The molecule has 1 atom stereocenters. The zero-order valence-corrected chi connectivity index (χ0v) is 10.7. The minimum atomic E-state index is -0.937. The van der Waals surface area contributed by atoms with Gasteiger partial charge in [0, 0.05) is 18.2 Å². The maximum absolute atomic E-state index is 13.4. The van der Waals surface area contributed by atoms with Crippen molar-refractivity contribution in [2.75, 3.05) is 13.1 Å². The fourth-order valence-corrected chi connectivity index (χ4v) is 2.26. The Morgan fingerprint density at radius 1 is 1.37 bits per heavy atom. The van der Waals surface area contributed by atoms with Gasteiger partial charge in [-0.3, -0.25) is 4.79 Å². The summed E-state index contributed by atoms with van der Waals surface area (Å²) in [6.45, 7) is 1.51. The number of carbonyl (C=O) groups is 1. The second-order valence-corrected chi connectivity index (χ2v) is 4.84. The van der Waals surface area contributed by atoms with Crippen LogP contribution in [0.4, 0.5) is 8.78 Å². The van der Waals surface area contributed by atoms with Gasteiger partial charge in [0.25, 0.3) is 0 Å². The summed E-state index contributed by atoms with van der Waals surface area (Å²) in [5, 5.41) is 6.07. The Morgan fingerprint density at radius 2 is 2.21 bits per heavy atom. The molecule has 2 rings (SSSR count). The second-order valence-electron chi connectivity index (χ2n) is 4.84. The molecule has 1 unspecified atom stereocenters. The third kappa shape index (κ3) is 3.99. The number of carbonyl (C=O) groups excluding carboxylic acids is 1. The van der Waals surface area contributed by atoms with Gasteiger partial charge in [0.2, 0.25) is 5.91 Å². The first-order valence-electron chi connectivity index (χ1n) is 6.60. The standard InChI is InChI=1S/C14H18F2N2O/c15-12-6-3-4-10(14(12)16)8-13(19)18-9-11-5-1-2-7-17-11/h3-4,6,11,17H,1-2,5,7-9H2,(H,18,19). The molecule has 1 amide bonds. The van der Waals surface area contributed by atoms with Crippen LogP contribution in [0.25, 0.3) is 0 Å².